The zero-order valence-corrected chi connectivity index (χ0v) is 21.7. The van der Waals surface area contributed by atoms with Crippen LogP contribution in [0.1, 0.15) is 26.2 Å². The number of nitrogens with zero attached hydrogens (tertiary/aromatic N) is 4. The summed E-state index contributed by atoms with van der Waals surface area (Å²) < 4.78 is 0. The molecule has 5 N–H and O–H groups in total. The molecule has 38 heavy (non-hydrogen) atoms. The van der Waals surface area contributed by atoms with Crippen molar-refractivity contribution in [1.29, 1.82) is 0 Å². The average molecular weight is 546 g/mol. The number of amides is 1. The van der Waals surface area contributed by atoms with Gasteiger partial charge in [-0.3, -0.25) is 43.6 Å². The number of carboxylic acid groups (broad SMARTS) is 4. The van der Waals surface area contributed by atoms with Crippen molar-refractivity contribution in [1.82, 2.24) is 24.9 Å². The maximum atomic E-state index is 12.7. The molecule has 1 heterocycles. The van der Waals surface area contributed by atoms with Crippen LogP contribution in [0, 0.1) is 0 Å². The highest BCUT2D eigenvalue weighted by molar-refractivity contribution is 5.85. The van der Waals surface area contributed by atoms with Crippen LogP contribution in [0.3, 0.4) is 0 Å². The second-order valence-electron chi connectivity index (χ2n) is 9.18. The summed E-state index contributed by atoms with van der Waals surface area (Å²) in [4.78, 5) is 76.4. The molecular weight excluding hydrogens is 506 g/mol. The molecule has 0 spiro atoms. The maximum absolute atomic E-state index is 12.7. The van der Waals surface area contributed by atoms with Crippen molar-refractivity contribution in [3.05, 3.63) is 0 Å². The van der Waals surface area contributed by atoms with Crippen LogP contribution in [-0.2, 0) is 28.8 Å². The van der Waals surface area contributed by atoms with Crippen LogP contribution in [0.15, 0.2) is 0 Å². The fraction of sp³-hybridized carbons (Fsp3) is 0.739. The van der Waals surface area contributed by atoms with E-state index in [1.54, 1.807) is 26.5 Å². The first-order valence-electron chi connectivity index (χ1n) is 12.5. The molecule has 0 aromatic carbocycles. The minimum Gasteiger partial charge on any atom is -0.480 e. The van der Waals surface area contributed by atoms with Gasteiger partial charge >= 0.3 is 23.9 Å². The number of Topliss-reactive ketones (excluding diaryl/α,β-unsaturated/α-hetero) is 1. The SMILES string of the molecule is CCC(=O)CC[C@@H](NC(=O)CN1CCN(CC(=O)O)CCN(CC(=O)O)CCN(CC(=O)O)CC1)C(=O)O. The van der Waals surface area contributed by atoms with Gasteiger partial charge in [-0.25, -0.2) is 4.79 Å². The number of nitrogens with one attached hydrogen (secondary N) is 1. The third-order valence-electron chi connectivity index (χ3n) is 6.11. The molecule has 1 saturated heterocycles. The molecule has 0 aromatic rings. The molecule has 15 nitrogen and oxygen atoms in total. The van der Waals surface area contributed by atoms with E-state index in [-0.39, 0.29) is 104 Å². The number of aliphatic carboxylic acids is 4. The third-order valence-corrected chi connectivity index (χ3v) is 6.11. The number of hydrogen-bond acceptors (Lipinski definition) is 10. The van der Waals surface area contributed by atoms with Crippen molar-refractivity contribution in [3.63, 3.8) is 0 Å². The molecule has 1 fully saturated rings. The molecule has 0 bridgehead atoms. The fourth-order valence-electron chi connectivity index (χ4n) is 3.97. The van der Waals surface area contributed by atoms with Gasteiger partial charge in [0, 0.05) is 65.2 Å². The van der Waals surface area contributed by atoms with E-state index in [4.69, 9.17) is 0 Å². The van der Waals surface area contributed by atoms with E-state index in [9.17, 15) is 49.2 Å². The molecule has 0 aromatic heterocycles. The van der Waals surface area contributed by atoms with Crippen molar-refractivity contribution in [2.24, 2.45) is 0 Å². The van der Waals surface area contributed by atoms with E-state index in [0.717, 1.165) is 0 Å². The van der Waals surface area contributed by atoms with Crippen molar-refractivity contribution in [3.8, 4) is 0 Å². The normalized spacial score (nSPS) is 18.0. The molecule has 0 saturated carbocycles. The van der Waals surface area contributed by atoms with Gasteiger partial charge in [0.2, 0.25) is 5.91 Å². The smallest absolute Gasteiger partial charge is 0.326 e. The van der Waals surface area contributed by atoms with Crippen LogP contribution >= 0.6 is 0 Å². The Balaban J connectivity index is 2.97. The summed E-state index contributed by atoms with van der Waals surface area (Å²) in [6.07, 6.45) is 0.242. The van der Waals surface area contributed by atoms with Crippen LogP contribution < -0.4 is 5.32 Å². The minimum absolute atomic E-state index is 0.0185. The fourth-order valence-corrected chi connectivity index (χ4v) is 3.97. The molecule has 0 unspecified atom stereocenters. The first-order chi connectivity index (χ1) is 17.9. The summed E-state index contributed by atoms with van der Waals surface area (Å²) in [5, 5.41) is 39.6. The second kappa shape index (κ2) is 17.4. The number of hydrogen-bond donors (Lipinski definition) is 5. The number of ketones is 1. The highest BCUT2D eigenvalue weighted by atomic mass is 16.4. The van der Waals surface area contributed by atoms with Crippen molar-refractivity contribution in [2.75, 3.05) is 78.5 Å². The van der Waals surface area contributed by atoms with Crippen molar-refractivity contribution < 1.29 is 49.2 Å². The Morgan fingerprint density at radius 1 is 0.632 bits per heavy atom. The van der Waals surface area contributed by atoms with Gasteiger partial charge in [0.1, 0.15) is 11.8 Å². The van der Waals surface area contributed by atoms with Gasteiger partial charge in [-0.1, -0.05) is 6.92 Å². The summed E-state index contributed by atoms with van der Waals surface area (Å²) >= 11 is 0. The summed E-state index contributed by atoms with van der Waals surface area (Å²) in [7, 11) is 0. The number of carboxylic acids is 4. The Hall–Kier alpha value is -3.14. The molecule has 216 valence electrons. The van der Waals surface area contributed by atoms with Crippen molar-refractivity contribution >= 4 is 35.6 Å². The highest BCUT2D eigenvalue weighted by Gasteiger charge is 2.24. The Labute approximate surface area is 220 Å². The Morgan fingerprint density at radius 2 is 0.974 bits per heavy atom. The van der Waals surface area contributed by atoms with E-state index < -0.39 is 35.8 Å². The van der Waals surface area contributed by atoms with Gasteiger partial charge in [-0.2, -0.15) is 0 Å². The maximum Gasteiger partial charge on any atom is 0.326 e. The van der Waals surface area contributed by atoms with Crippen LogP contribution in [-0.4, -0.2) is 160 Å². The van der Waals surface area contributed by atoms with Gasteiger partial charge in [-0.05, 0) is 6.42 Å². The zero-order chi connectivity index (χ0) is 28.7. The largest absolute Gasteiger partial charge is 0.480 e. The predicted octanol–water partition coefficient (Wildman–Crippen LogP) is -2.21. The Kier molecular flexibility index (Phi) is 15.0. The monoisotopic (exact) mass is 545 g/mol. The van der Waals surface area contributed by atoms with Crippen molar-refractivity contribution in [2.45, 2.75) is 32.2 Å². The van der Waals surface area contributed by atoms with Crippen LogP contribution in [0.4, 0.5) is 0 Å². The van der Waals surface area contributed by atoms with E-state index in [0.29, 0.717) is 0 Å². The summed E-state index contributed by atoms with van der Waals surface area (Å²) in [6.45, 7) is 2.49. The predicted molar refractivity (Wildman–Crippen MR) is 133 cm³/mol. The van der Waals surface area contributed by atoms with Crippen LogP contribution in [0.5, 0.6) is 0 Å². The molecule has 15 heteroatoms. The standard InChI is InChI=1S/C23H39N5O10/c1-2-17(29)3-4-18(23(37)38)24-19(30)13-25-5-7-26(14-20(31)32)9-11-28(16-22(35)36)12-10-27(8-6-25)15-21(33)34/h18H,2-16H2,1H3,(H,24,30)(H,31,32)(H,33,34)(H,35,36)(H,37,38)/t18-/m1/s1. The lowest BCUT2D eigenvalue weighted by Crippen LogP contribution is -2.51. The first-order valence-corrected chi connectivity index (χ1v) is 12.5. The Morgan fingerprint density at radius 3 is 1.26 bits per heavy atom. The van der Waals surface area contributed by atoms with E-state index in [2.05, 4.69) is 5.32 Å². The summed E-state index contributed by atoms with van der Waals surface area (Å²) in [6, 6.07) is -1.24. The zero-order valence-electron chi connectivity index (χ0n) is 21.7. The second-order valence-corrected chi connectivity index (χ2v) is 9.18. The average Bonchev–Trinajstić information content (AvgIpc) is 2.81. The number of carbonyl (C=O) groups is 6. The summed E-state index contributed by atoms with van der Waals surface area (Å²) in [5.74, 6) is -5.15. The first kappa shape index (κ1) is 32.9. The van der Waals surface area contributed by atoms with Gasteiger partial charge in [0.05, 0.1) is 26.2 Å². The lowest BCUT2D eigenvalue weighted by atomic mass is 10.1. The molecule has 1 amide bonds. The third kappa shape index (κ3) is 14.6. The highest BCUT2D eigenvalue weighted by Crippen LogP contribution is 2.04. The molecule has 0 aliphatic carbocycles. The molecule has 1 atom stereocenters. The molecule has 1 rings (SSSR count). The quantitative estimate of drug-likeness (QED) is 0.157. The molecular formula is C23H39N5O10. The lowest BCUT2D eigenvalue weighted by molar-refractivity contribution is -0.142. The summed E-state index contributed by atoms with van der Waals surface area (Å²) in [5.41, 5.74) is 0. The molecule has 0 radical (unpaired) electrons. The van der Waals surface area contributed by atoms with Gasteiger partial charge in [-0.15, -0.1) is 0 Å². The molecule has 1 aliphatic rings. The van der Waals surface area contributed by atoms with E-state index >= 15 is 0 Å². The topological polar surface area (TPSA) is 208 Å². The number of carbonyl (C=O) groups excluding carboxylic acids is 2. The van der Waals surface area contributed by atoms with E-state index in [1.165, 1.54) is 0 Å². The van der Waals surface area contributed by atoms with E-state index in [1.807, 2.05) is 0 Å². The van der Waals surface area contributed by atoms with Crippen LogP contribution in [0.2, 0.25) is 0 Å². The minimum atomic E-state index is -1.26. The van der Waals surface area contributed by atoms with Gasteiger partial charge in [0.15, 0.2) is 0 Å². The molecule has 1 aliphatic heterocycles. The van der Waals surface area contributed by atoms with Gasteiger partial charge < -0.3 is 25.7 Å². The van der Waals surface area contributed by atoms with Crippen LogP contribution in [0.25, 0.3) is 0 Å². The Bertz CT molecular complexity index is 807. The van der Waals surface area contributed by atoms with Gasteiger partial charge in [0.25, 0.3) is 0 Å². The lowest BCUT2D eigenvalue weighted by Gasteiger charge is -2.33. The number of rotatable bonds is 14.